The molecule has 4 heteroatoms. The second-order valence-electron chi connectivity index (χ2n) is 6.18. The summed E-state index contributed by atoms with van der Waals surface area (Å²) in [5.74, 6) is 1.73. The predicted molar refractivity (Wildman–Crippen MR) is 66.9 cm³/mol. The van der Waals surface area contributed by atoms with Crippen molar-refractivity contribution >= 4 is 17.5 Å². The topological polar surface area (TPSA) is 35.5 Å². The molecule has 2 aliphatic carbocycles. The number of carbonyl (C=O) groups excluding carboxylic acids is 1. The monoisotopic (exact) mass is 256 g/mol. The minimum atomic E-state index is -0.327. The molecule has 0 aromatic carbocycles. The standard InChI is InChI=1S/C13H20O3S/c1-12(2)7-5-8(14)13(12,3)11-10(7)17-6-9(15-4)16-11/h7,9-11H,5-6H2,1-4H3/t7-,9-,10-,11-,13+/m1/s1. The van der Waals surface area contributed by atoms with Crippen molar-refractivity contribution in [3.63, 3.8) is 0 Å². The number of Topliss-reactive ketones (excluding diaryl/α,β-unsaturated/α-hetero) is 1. The smallest absolute Gasteiger partial charge is 0.166 e. The van der Waals surface area contributed by atoms with Gasteiger partial charge in [-0.05, 0) is 18.3 Å². The fourth-order valence-electron chi connectivity index (χ4n) is 3.94. The highest BCUT2D eigenvalue weighted by Crippen LogP contribution is 2.67. The molecule has 1 saturated heterocycles. The number of ether oxygens (including phenoxy) is 2. The Kier molecular flexibility index (Phi) is 2.46. The Labute approximate surface area is 107 Å². The number of fused-ring (bicyclic) bond motifs is 5. The minimum Gasteiger partial charge on any atom is -0.355 e. The first-order chi connectivity index (χ1) is 7.92. The summed E-state index contributed by atoms with van der Waals surface area (Å²) < 4.78 is 11.3. The van der Waals surface area contributed by atoms with E-state index in [0.717, 1.165) is 12.2 Å². The Morgan fingerprint density at radius 3 is 2.76 bits per heavy atom. The lowest BCUT2D eigenvalue weighted by Gasteiger charge is -2.42. The Morgan fingerprint density at radius 2 is 2.12 bits per heavy atom. The first-order valence-corrected chi connectivity index (χ1v) is 7.31. The molecular formula is C13H20O3S. The number of ketones is 1. The normalized spacial score (nSPS) is 51.6. The Balaban J connectivity index is 1.99. The third kappa shape index (κ3) is 1.24. The molecule has 1 heterocycles. The summed E-state index contributed by atoms with van der Waals surface area (Å²) in [5, 5.41) is 0.471. The fourth-order valence-corrected chi connectivity index (χ4v) is 5.71. The highest BCUT2D eigenvalue weighted by molar-refractivity contribution is 8.00. The third-order valence-electron chi connectivity index (χ3n) is 5.50. The predicted octanol–water partition coefficient (Wildman–Crippen LogP) is 2.09. The molecule has 96 valence electrons. The van der Waals surface area contributed by atoms with Crippen molar-refractivity contribution in [2.45, 2.75) is 44.8 Å². The molecule has 3 nitrogen and oxygen atoms in total. The van der Waals surface area contributed by atoms with Crippen LogP contribution in [0, 0.1) is 16.7 Å². The van der Waals surface area contributed by atoms with Crippen LogP contribution in [-0.4, -0.2) is 36.3 Å². The molecule has 1 aliphatic heterocycles. The lowest BCUT2D eigenvalue weighted by molar-refractivity contribution is -0.181. The maximum absolute atomic E-state index is 12.3. The van der Waals surface area contributed by atoms with E-state index in [1.54, 1.807) is 7.11 Å². The van der Waals surface area contributed by atoms with Crippen LogP contribution in [0.3, 0.4) is 0 Å². The molecule has 0 unspecified atom stereocenters. The second-order valence-corrected chi connectivity index (χ2v) is 7.39. The molecule has 2 saturated carbocycles. The van der Waals surface area contributed by atoms with Crippen LogP contribution in [0.1, 0.15) is 27.2 Å². The van der Waals surface area contributed by atoms with Crippen molar-refractivity contribution in [1.82, 2.24) is 0 Å². The van der Waals surface area contributed by atoms with E-state index in [1.807, 2.05) is 11.8 Å². The summed E-state index contributed by atoms with van der Waals surface area (Å²) in [6, 6.07) is 0. The Hall–Kier alpha value is -0.0600. The summed E-state index contributed by atoms with van der Waals surface area (Å²) in [6.45, 7) is 6.55. The molecule has 3 fully saturated rings. The lowest BCUT2D eigenvalue weighted by Crippen LogP contribution is -2.51. The summed E-state index contributed by atoms with van der Waals surface area (Å²) >= 11 is 1.93. The first kappa shape index (κ1) is 12.0. The van der Waals surface area contributed by atoms with Gasteiger partial charge in [-0.3, -0.25) is 4.79 Å². The van der Waals surface area contributed by atoms with E-state index in [4.69, 9.17) is 9.47 Å². The molecule has 0 aromatic heterocycles. The number of rotatable bonds is 1. The molecule has 0 radical (unpaired) electrons. The summed E-state index contributed by atoms with van der Waals surface area (Å²) in [7, 11) is 1.67. The number of thioether (sulfide) groups is 1. The van der Waals surface area contributed by atoms with Gasteiger partial charge in [-0.25, -0.2) is 0 Å². The van der Waals surface area contributed by atoms with Crippen LogP contribution in [0.15, 0.2) is 0 Å². The van der Waals surface area contributed by atoms with Gasteiger partial charge in [-0.1, -0.05) is 13.8 Å². The molecule has 5 atom stereocenters. The van der Waals surface area contributed by atoms with Crippen LogP contribution < -0.4 is 0 Å². The molecule has 0 amide bonds. The maximum Gasteiger partial charge on any atom is 0.166 e. The zero-order valence-electron chi connectivity index (χ0n) is 10.9. The van der Waals surface area contributed by atoms with Crippen LogP contribution in [0.5, 0.6) is 0 Å². The third-order valence-corrected chi connectivity index (χ3v) is 6.93. The number of hydrogen-bond acceptors (Lipinski definition) is 4. The first-order valence-electron chi connectivity index (χ1n) is 6.26. The maximum atomic E-state index is 12.3. The zero-order valence-corrected chi connectivity index (χ0v) is 11.7. The van der Waals surface area contributed by atoms with Gasteiger partial charge in [0.15, 0.2) is 6.29 Å². The SMILES string of the molecule is CO[C@H]1CS[C@@H]2[C@H]3CC(=O)[C@@](C)([C@@H]2O1)C3(C)C. The van der Waals surface area contributed by atoms with Crippen molar-refractivity contribution < 1.29 is 14.3 Å². The van der Waals surface area contributed by atoms with Crippen molar-refractivity contribution in [3.05, 3.63) is 0 Å². The van der Waals surface area contributed by atoms with Crippen LogP contribution >= 0.6 is 11.8 Å². The van der Waals surface area contributed by atoms with Gasteiger partial charge in [-0.2, -0.15) is 11.8 Å². The molecule has 2 bridgehead atoms. The van der Waals surface area contributed by atoms with Crippen LogP contribution in [0.25, 0.3) is 0 Å². The van der Waals surface area contributed by atoms with Crippen molar-refractivity contribution in [2.75, 3.05) is 12.9 Å². The second kappa shape index (κ2) is 3.49. The van der Waals surface area contributed by atoms with Crippen molar-refractivity contribution in [1.29, 1.82) is 0 Å². The minimum absolute atomic E-state index is 0.0347. The summed E-state index contributed by atoms with van der Waals surface area (Å²) in [5.41, 5.74) is -0.276. The molecule has 0 spiro atoms. The molecular weight excluding hydrogens is 236 g/mol. The van der Waals surface area contributed by atoms with E-state index in [0.29, 0.717) is 17.0 Å². The molecule has 3 aliphatic rings. The highest BCUT2D eigenvalue weighted by atomic mass is 32.2. The van der Waals surface area contributed by atoms with Gasteiger partial charge in [0.25, 0.3) is 0 Å². The van der Waals surface area contributed by atoms with E-state index in [-0.39, 0.29) is 23.2 Å². The van der Waals surface area contributed by atoms with E-state index < -0.39 is 0 Å². The summed E-state index contributed by atoms with van der Waals surface area (Å²) in [4.78, 5) is 12.3. The van der Waals surface area contributed by atoms with Gasteiger partial charge in [0.1, 0.15) is 5.78 Å². The van der Waals surface area contributed by atoms with Gasteiger partial charge >= 0.3 is 0 Å². The number of hydrogen-bond donors (Lipinski definition) is 0. The number of carbonyl (C=O) groups is 1. The molecule has 0 aromatic rings. The van der Waals surface area contributed by atoms with E-state index in [1.165, 1.54) is 0 Å². The van der Waals surface area contributed by atoms with Gasteiger partial charge in [0, 0.05) is 24.5 Å². The van der Waals surface area contributed by atoms with Gasteiger partial charge in [0.2, 0.25) is 0 Å². The van der Waals surface area contributed by atoms with Crippen LogP contribution in [-0.2, 0) is 14.3 Å². The van der Waals surface area contributed by atoms with E-state index >= 15 is 0 Å². The zero-order chi connectivity index (χ0) is 12.4. The van der Waals surface area contributed by atoms with Gasteiger partial charge in [-0.15, -0.1) is 0 Å². The summed E-state index contributed by atoms with van der Waals surface area (Å²) in [6.07, 6.45) is 0.618. The van der Waals surface area contributed by atoms with Crippen molar-refractivity contribution in [3.8, 4) is 0 Å². The number of methoxy groups -OCH3 is 1. The van der Waals surface area contributed by atoms with Gasteiger partial charge < -0.3 is 9.47 Å². The lowest BCUT2D eigenvalue weighted by atomic mass is 9.69. The van der Waals surface area contributed by atoms with Crippen molar-refractivity contribution in [2.24, 2.45) is 16.7 Å². The Bertz CT molecular complexity index is 368. The van der Waals surface area contributed by atoms with Crippen LogP contribution in [0.2, 0.25) is 0 Å². The molecule has 0 N–H and O–H groups in total. The van der Waals surface area contributed by atoms with E-state index in [9.17, 15) is 4.79 Å². The van der Waals surface area contributed by atoms with Crippen LogP contribution in [0.4, 0.5) is 0 Å². The Morgan fingerprint density at radius 1 is 1.41 bits per heavy atom. The molecule has 17 heavy (non-hydrogen) atoms. The molecule has 3 rings (SSSR count). The fraction of sp³-hybridized carbons (Fsp3) is 0.923. The highest BCUT2D eigenvalue weighted by Gasteiger charge is 2.72. The quantitative estimate of drug-likeness (QED) is 0.719. The van der Waals surface area contributed by atoms with Gasteiger partial charge in [0.05, 0.1) is 11.5 Å². The van der Waals surface area contributed by atoms with E-state index in [2.05, 4.69) is 20.8 Å². The average molecular weight is 256 g/mol. The average Bonchev–Trinajstić information content (AvgIpc) is 2.59. The largest absolute Gasteiger partial charge is 0.355 e.